The van der Waals surface area contributed by atoms with Crippen molar-refractivity contribution in [2.24, 2.45) is 4.99 Å². The van der Waals surface area contributed by atoms with E-state index in [0.29, 0.717) is 32.1 Å². The van der Waals surface area contributed by atoms with Crippen molar-refractivity contribution in [3.05, 3.63) is 71.0 Å². The SMILES string of the molecule is CN=C(NCC(c1ccc(F)cc1)N1CCOCC1)NC1CC1c1c(F)cccc1F. The number of nitrogens with one attached hydrogen (secondary N) is 2. The molecule has 0 bridgehead atoms. The second-order valence-corrected chi connectivity index (χ2v) is 7.90. The Bertz CT molecular complexity index is 895. The van der Waals surface area contributed by atoms with Crippen molar-refractivity contribution in [1.82, 2.24) is 15.5 Å². The molecule has 0 radical (unpaired) electrons. The van der Waals surface area contributed by atoms with E-state index in [1.165, 1.54) is 30.3 Å². The molecule has 0 spiro atoms. The third kappa shape index (κ3) is 5.19. The van der Waals surface area contributed by atoms with Crippen molar-refractivity contribution in [3.63, 3.8) is 0 Å². The fraction of sp³-hybridized carbons (Fsp3) is 0.435. The van der Waals surface area contributed by atoms with E-state index in [1.54, 1.807) is 19.2 Å². The van der Waals surface area contributed by atoms with E-state index in [0.717, 1.165) is 18.7 Å². The van der Waals surface area contributed by atoms with Crippen LogP contribution >= 0.6 is 0 Å². The van der Waals surface area contributed by atoms with Gasteiger partial charge in [-0.2, -0.15) is 0 Å². The average Bonchev–Trinajstić information content (AvgIpc) is 3.53. The number of guanidine groups is 1. The van der Waals surface area contributed by atoms with E-state index >= 15 is 0 Å². The molecule has 2 N–H and O–H groups in total. The van der Waals surface area contributed by atoms with Gasteiger partial charge in [-0.25, -0.2) is 13.2 Å². The normalized spacial score (nSPS) is 22.8. The molecule has 31 heavy (non-hydrogen) atoms. The van der Waals surface area contributed by atoms with Crippen molar-refractivity contribution in [1.29, 1.82) is 0 Å². The van der Waals surface area contributed by atoms with Gasteiger partial charge in [0.25, 0.3) is 0 Å². The average molecular weight is 432 g/mol. The van der Waals surface area contributed by atoms with Crippen molar-refractivity contribution in [3.8, 4) is 0 Å². The number of morpholine rings is 1. The van der Waals surface area contributed by atoms with Crippen LogP contribution in [0.4, 0.5) is 13.2 Å². The zero-order valence-corrected chi connectivity index (χ0v) is 17.5. The second kappa shape index (κ2) is 9.70. The number of hydrogen-bond acceptors (Lipinski definition) is 3. The van der Waals surface area contributed by atoms with Crippen LogP contribution in [0, 0.1) is 17.5 Å². The Kier molecular flexibility index (Phi) is 6.77. The molecule has 1 aliphatic carbocycles. The summed E-state index contributed by atoms with van der Waals surface area (Å²) < 4.78 is 47.0. The third-order valence-corrected chi connectivity index (χ3v) is 5.91. The molecule has 1 saturated heterocycles. The lowest BCUT2D eigenvalue weighted by atomic mass is 10.0. The standard InChI is InChI=1S/C23H27F3N4O/c1-27-23(29-20-13-17(20)22-18(25)3-2-4-19(22)26)28-14-21(30-9-11-31-12-10-30)15-5-7-16(24)8-6-15/h2-8,17,20-21H,9-14H2,1H3,(H2,27,28,29). The summed E-state index contributed by atoms with van der Waals surface area (Å²) in [7, 11) is 1.66. The number of hydrogen-bond donors (Lipinski definition) is 2. The van der Waals surface area contributed by atoms with Gasteiger partial charge in [0.2, 0.25) is 0 Å². The van der Waals surface area contributed by atoms with Crippen LogP contribution in [-0.2, 0) is 4.74 Å². The van der Waals surface area contributed by atoms with E-state index in [-0.39, 0.29) is 29.4 Å². The highest BCUT2D eigenvalue weighted by molar-refractivity contribution is 5.80. The van der Waals surface area contributed by atoms with Crippen LogP contribution in [0.2, 0.25) is 0 Å². The molecule has 3 atom stereocenters. The maximum absolute atomic E-state index is 14.1. The van der Waals surface area contributed by atoms with Crippen molar-refractivity contribution in [2.75, 3.05) is 39.9 Å². The Hall–Kier alpha value is -2.58. The zero-order chi connectivity index (χ0) is 21.8. The fourth-order valence-corrected chi connectivity index (χ4v) is 4.13. The molecule has 2 aliphatic rings. The van der Waals surface area contributed by atoms with Crippen LogP contribution in [0.3, 0.4) is 0 Å². The lowest BCUT2D eigenvalue weighted by molar-refractivity contribution is 0.0170. The summed E-state index contributed by atoms with van der Waals surface area (Å²) in [4.78, 5) is 6.57. The number of nitrogens with zero attached hydrogens (tertiary/aromatic N) is 2. The zero-order valence-electron chi connectivity index (χ0n) is 17.5. The molecule has 1 aliphatic heterocycles. The number of rotatable bonds is 6. The summed E-state index contributed by atoms with van der Waals surface area (Å²) in [6.07, 6.45) is 0.642. The van der Waals surface area contributed by atoms with Crippen molar-refractivity contribution >= 4 is 5.96 Å². The first kappa shape index (κ1) is 21.6. The van der Waals surface area contributed by atoms with Crippen LogP contribution in [0.1, 0.15) is 29.5 Å². The molecule has 2 aromatic rings. The van der Waals surface area contributed by atoms with Crippen LogP contribution in [0.25, 0.3) is 0 Å². The van der Waals surface area contributed by atoms with Crippen LogP contribution in [0.15, 0.2) is 47.5 Å². The van der Waals surface area contributed by atoms with Gasteiger partial charge in [0, 0.05) is 44.2 Å². The molecule has 0 aromatic heterocycles. The third-order valence-electron chi connectivity index (χ3n) is 5.91. The first-order chi connectivity index (χ1) is 15.1. The molecule has 1 saturated carbocycles. The summed E-state index contributed by atoms with van der Waals surface area (Å²) in [5.74, 6) is -0.937. The lowest BCUT2D eigenvalue weighted by Gasteiger charge is -2.35. The number of ether oxygens (including phenoxy) is 1. The van der Waals surface area contributed by atoms with Gasteiger partial charge in [0.15, 0.2) is 5.96 Å². The Morgan fingerprint density at radius 1 is 1.10 bits per heavy atom. The smallest absolute Gasteiger partial charge is 0.191 e. The number of halogens is 3. The molecule has 0 amide bonds. The fourth-order valence-electron chi connectivity index (χ4n) is 4.13. The summed E-state index contributed by atoms with van der Waals surface area (Å²) in [6, 6.07) is 10.4. The Morgan fingerprint density at radius 2 is 1.77 bits per heavy atom. The van der Waals surface area contributed by atoms with E-state index < -0.39 is 11.6 Å². The second-order valence-electron chi connectivity index (χ2n) is 7.90. The number of benzene rings is 2. The maximum Gasteiger partial charge on any atom is 0.191 e. The molecule has 1 heterocycles. The minimum Gasteiger partial charge on any atom is -0.379 e. The predicted molar refractivity (Wildman–Crippen MR) is 114 cm³/mol. The quantitative estimate of drug-likeness (QED) is 0.544. The Labute approximate surface area is 180 Å². The van der Waals surface area contributed by atoms with Crippen LogP contribution < -0.4 is 10.6 Å². The molecule has 2 aromatic carbocycles. The molecule has 2 fully saturated rings. The van der Waals surface area contributed by atoms with Gasteiger partial charge in [0.1, 0.15) is 17.5 Å². The van der Waals surface area contributed by atoms with Crippen LogP contribution in [-0.4, -0.2) is 56.8 Å². The van der Waals surface area contributed by atoms with Gasteiger partial charge in [-0.05, 0) is 36.2 Å². The summed E-state index contributed by atoms with van der Waals surface area (Å²) in [6.45, 7) is 3.43. The molecule has 5 nitrogen and oxygen atoms in total. The van der Waals surface area contributed by atoms with Gasteiger partial charge in [-0.3, -0.25) is 9.89 Å². The van der Waals surface area contributed by atoms with Gasteiger partial charge >= 0.3 is 0 Å². The molecule has 3 unspecified atom stereocenters. The van der Waals surface area contributed by atoms with Gasteiger partial charge in [0.05, 0.1) is 19.3 Å². The maximum atomic E-state index is 14.1. The Morgan fingerprint density at radius 3 is 2.42 bits per heavy atom. The van der Waals surface area contributed by atoms with Gasteiger partial charge in [-0.1, -0.05) is 18.2 Å². The first-order valence-corrected chi connectivity index (χ1v) is 10.5. The highest BCUT2D eigenvalue weighted by Gasteiger charge is 2.42. The monoisotopic (exact) mass is 432 g/mol. The highest BCUT2D eigenvalue weighted by atomic mass is 19.1. The molecule has 166 valence electrons. The van der Waals surface area contributed by atoms with Gasteiger partial charge in [-0.15, -0.1) is 0 Å². The Balaban J connectivity index is 1.39. The molecule has 8 heteroatoms. The van der Waals surface area contributed by atoms with E-state index in [2.05, 4.69) is 20.5 Å². The predicted octanol–water partition coefficient (Wildman–Crippen LogP) is 3.20. The van der Waals surface area contributed by atoms with E-state index in [9.17, 15) is 13.2 Å². The molecular formula is C23H27F3N4O. The van der Waals surface area contributed by atoms with Crippen LogP contribution in [0.5, 0.6) is 0 Å². The van der Waals surface area contributed by atoms with Crippen molar-refractivity contribution in [2.45, 2.75) is 24.4 Å². The lowest BCUT2D eigenvalue weighted by Crippen LogP contribution is -2.46. The first-order valence-electron chi connectivity index (χ1n) is 10.5. The molecule has 4 rings (SSSR count). The summed E-state index contributed by atoms with van der Waals surface area (Å²) in [5, 5.41) is 6.59. The van der Waals surface area contributed by atoms with E-state index in [4.69, 9.17) is 4.74 Å². The molecular weight excluding hydrogens is 405 g/mol. The minimum atomic E-state index is -0.513. The largest absolute Gasteiger partial charge is 0.379 e. The number of aliphatic imine (C=N–C) groups is 1. The van der Waals surface area contributed by atoms with Crippen molar-refractivity contribution < 1.29 is 17.9 Å². The highest BCUT2D eigenvalue weighted by Crippen LogP contribution is 2.43. The summed E-state index contributed by atoms with van der Waals surface area (Å²) in [5.41, 5.74) is 1.14. The van der Waals surface area contributed by atoms with E-state index in [1.807, 2.05) is 0 Å². The van der Waals surface area contributed by atoms with Gasteiger partial charge < -0.3 is 15.4 Å². The topological polar surface area (TPSA) is 48.9 Å². The summed E-state index contributed by atoms with van der Waals surface area (Å²) >= 11 is 0. The minimum absolute atomic E-state index is 0.0158.